The zero-order valence-corrected chi connectivity index (χ0v) is 20.2. The molecule has 2 atom stereocenters. The van der Waals surface area contributed by atoms with Crippen LogP contribution in [0.3, 0.4) is 0 Å². The second kappa shape index (κ2) is 11.2. The highest BCUT2D eigenvalue weighted by atomic mass is 16.5. The number of benzene rings is 2. The van der Waals surface area contributed by atoms with Gasteiger partial charge in [-0.3, -0.25) is 14.5 Å². The van der Waals surface area contributed by atoms with Crippen molar-refractivity contribution in [1.82, 2.24) is 15.5 Å². The minimum atomic E-state index is -0.0724. The maximum Gasteiger partial charge on any atom is 0.222 e. The van der Waals surface area contributed by atoms with E-state index in [1.807, 2.05) is 48.5 Å². The second-order valence-corrected chi connectivity index (χ2v) is 9.91. The molecule has 2 N–H and O–H groups in total. The molecule has 2 aromatic carbocycles. The largest absolute Gasteiger partial charge is 0.457 e. The number of nitrogens with zero attached hydrogens (tertiary/aromatic N) is 1. The number of aryl methyl sites for hydroxylation is 1. The summed E-state index contributed by atoms with van der Waals surface area (Å²) < 4.78 is 12.4. The highest BCUT2D eigenvalue weighted by Gasteiger charge is 2.38. The molecular weight excluding hydrogens is 442 g/mol. The zero-order chi connectivity index (χ0) is 24.0. The van der Waals surface area contributed by atoms with Gasteiger partial charge < -0.3 is 20.1 Å². The normalized spacial score (nSPS) is 24.9. The average molecular weight is 478 g/mol. The van der Waals surface area contributed by atoms with Crippen LogP contribution in [0, 0.1) is 0 Å². The lowest BCUT2D eigenvalue weighted by Crippen LogP contribution is -2.45. The Balaban J connectivity index is 1.32. The molecule has 7 heteroatoms. The molecule has 4 aliphatic rings. The Hall–Kier alpha value is -2.90. The third kappa shape index (κ3) is 6.41. The Labute approximate surface area is 207 Å². The van der Waals surface area contributed by atoms with Gasteiger partial charge in [-0.2, -0.15) is 0 Å². The monoisotopic (exact) mass is 477 g/mol. The molecule has 0 spiro atoms. The van der Waals surface area contributed by atoms with Gasteiger partial charge in [0.15, 0.2) is 0 Å². The fraction of sp³-hybridized carbons (Fsp3) is 0.500. The molecule has 2 aromatic rings. The van der Waals surface area contributed by atoms with Gasteiger partial charge in [-0.05, 0) is 54.7 Å². The Morgan fingerprint density at radius 1 is 0.829 bits per heavy atom. The van der Waals surface area contributed by atoms with E-state index in [1.165, 1.54) is 25.7 Å². The van der Waals surface area contributed by atoms with Crippen LogP contribution in [-0.4, -0.2) is 54.5 Å². The van der Waals surface area contributed by atoms with Crippen molar-refractivity contribution in [1.29, 1.82) is 0 Å². The molecule has 1 saturated heterocycles. The van der Waals surface area contributed by atoms with Gasteiger partial charge >= 0.3 is 0 Å². The minimum absolute atomic E-state index is 0.0427. The summed E-state index contributed by atoms with van der Waals surface area (Å²) in [6.07, 6.45) is 6.23. The second-order valence-electron chi connectivity index (χ2n) is 9.91. The number of amides is 2. The number of nitrogens with one attached hydrogen (secondary N) is 2. The van der Waals surface area contributed by atoms with E-state index in [4.69, 9.17) is 9.47 Å². The Morgan fingerprint density at radius 2 is 1.66 bits per heavy atom. The fourth-order valence-electron chi connectivity index (χ4n) is 5.38. The summed E-state index contributed by atoms with van der Waals surface area (Å²) in [4.78, 5) is 27.4. The molecule has 0 radical (unpaired) electrons. The molecule has 7 nitrogen and oxygen atoms in total. The predicted octanol–water partition coefficient (Wildman–Crippen LogP) is 3.56. The van der Waals surface area contributed by atoms with Crippen molar-refractivity contribution >= 4 is 11.8 Å². The molecule has 4 bridgehead atoms. The van der Waals surface area contributed by atoms with Gasteiger partial charge in [0.25, 0.3) is 0 Å². The molecule has 0 unspecified atom stereocenters. The van der Waals surface area contributed by atoms with E-state index in [0.29, 0.717) is 32.0 Å². The van der Waals surface area contributed by atoms with Gasteiger partial charge in [0.05, 0.1) is 18.8 Å². The van der Waals surface area contributed by atoms with Gasteiger partial charge in [-0.25, -0.2) is 0 Å². The summed E-state index contributed by atoms with van der Waals surface area (Å²) in [5.41, 5.74) is 2.11. The number of rotatable bonds is 1. The molecular formula is C28H35N3O4. The SMILES string of the molecule is O=C1CCc2ccc(cc2)Oc2cccc(c2)CO[C@H]2CN(C3CCCC3)C[C@@H]2NC(=O)CCN1. The lowest BCUT2D eigenvalue weighted by molar-refractivity contribution is -0.123. The molecule has 3 heterocycles. The standard InChI is InChI=1S/C28H35N3O4/c32-27-13-10-20-8-11-23(12-9-20)35-24-7-3-4-21(16-24)19-34-26-18-31(22-5-1-2-6-22)17-25(26)30-28(33)14-15-29-27/h3-4,7-9,11-12,16,22,25-26H,1-2,5-6,10,13-15,17-19H2,(H,29,32)(H,30,33)/t25-,26-/m0/s1. The number of hydrogen-bond donors (Lipinski definition) is 2. The maximum absolute atomic E-state index is 12.7. The van der Waals surface area contributed by atoms with Crippen molar-refractivity contribution in [2.24, 2.45) is 0 Å². The molecule has 35 heavy (non-hydrogen) atoms. The van der Waals surface area contributed by atoms with Crippen LogP contribution >= 0.6 is 0 Å². The van der Waals surface area contributed by atoms with E-state index in [0.717, 1.165) is 35.7 Å². The van der Waals surface area contributed by atoms with Crippen LogP contribution in [0.4, 0.5) is 0 Å². The predicted molar refractivity (Wildman–Crippen MR) is 133 cm³/mol. The van der Waals surface area contributed by atoms with Crippen molar-refractivity contribution in [3.8, 4) is 11.5 Å². The van der Waals surface area contributed by atoms with Gasteiger partial charge in [0.1, 0.15) is 11.5 Å². The first-order valence-corrected chi connectivity index (χ1v) is 12.9. The summed E-state index contributed by atoms with van der Waals surface area (Å²) in [6, 6.07) is 16.3. The summed E-state index contributed by atoms with van der Waals surface area (Å²) in [5.74, 6) is 1.43. The van der Waals surface area contributed by atoms with Crippen molar-refractivity contribution in [2.45, 2.75) is 69.7 Å². The first-order valence-electron chi connectivity index (χ1n) is 12.9. The van der Waals surface area contributed by atoms with E-state index < -0.39 is 0 Å². The van der Waals surface area contributed by atoms with E-state index in [9.17, 15) is 9.59 Å². The highest BCUT2D eigenvalue weighted by Crippen LogP contribution is 2.29. The lowest BCUT2D eigenvalue weighted by Gasteiger charge is -2.23. The van der Waals surface area contributed by atoms with Crippen LogP contribution in [0.5, 0.6) is 11.5 Å². The first-order chi connectivity index (χ1) is 17.1. The zero-order valence-electron chi connectivity index (χ0n) is 20.2. The Morgan fingerprint density at radius 3 is 2.49 bits per heavy atom. The summed E-state index contributed by atoms with van der Waals surface area (Å²) in [6.45, 7) is 2.44. The van der Waals surface area contributed by atoms with E-state index in [2.05, 4.69) is 15.5 Å². The Kier molecular flexibility index (Phi) is 7.64. The summed E-state index contributed by atoms with van der Waals surface area (Å²) in [7, 11) is 0. The summed E-state index contributed by atoms with van der Waals surface area (Å²) >= 11 is 0. The third-order valence-electron chi connectivity index (χ3n) is 7.32. The van der Waals surface area contributed by atoms with Gasteiger partial charge in [0, 0.05) is 38.5 Å². The molecule has 2 fully saturated rings. The molecule has 0 aromatic heterocycles. The maximum atomic E-state index is 12.7. The first kappa shape index (κ1) is 23.8. The van der Waals surface area contributed by atoms with E-state index >= 15 is 0 Å². The van der Waals surface area contributed by atoms with Crippen molar-refractivity contribution in [3.63, 3.8) is 0 Å². The van der Waals surface area contributed by atoms with Gasteiger partial charge in [-0.1, -0.05) is 37.1 Å². The van der Waals surface area contributed by atoms with Crippen LogP contribution in [0.15, 0.2) is 48.5 Å². The molecule has 6 rings (SSSR count). The van der Waals surface area contributed by atoms with E-state index in [1.54, 1.807) is 0 Å². The average Bonchev–Trinajstić information content (AvgIpc) is 3.52. The quantitative estimate of drug-likeness (QED) is 0.657. The number of hydrogen-bond acceptors (Lipinski definition) is 5. The van der Waals surface area contributed by atoms with Crippen LogP contribution in [-0.2, 0) is 27.4 Å². The number of carbonyl (C=O) groups is 2. The fourth-order valence-corrected chi connectivity index (χ4v) is 5.38. The summed E-state index contributed by atoms with van der Waals surface area (Å²) in [5, 5.41) is 6.07. The molecule has 186 valence electrons. The number of fused-ring (bicyclic) bond motifs is 10. The van der Waals surface area contributed by atoms with Crippen LogP contribution in [0.1, 0.15) is 49.7 Å². The van der Waals surface area contributed by atoms with Crippen molar-refractivity contribution in [2.75, 3.05) is 19.6 Å². The van der Waals surface area contributed by atoms with Crippen molar-refractivity contribution < 1.29 is 19.1 Å². The van der Waals surface area contributed by atoms with Crippen LogP contribution in [0.25, 0.3) is 0 Å². The number of carbonyl (C=O) groups excluding carboxylic acids is 2. The van der Waals surface area contributed by atoms with Gasteiger partial charge in [-0.15, -0.1) is 0 Å². The molecule has 3 aliphatic heterocycles. The molecule has 1 saturated carbocycles. The highest BCUT2D eigenvalue weighted by molar-refractivity contribution is 5.79. The Bertz CT molecular complexity index is 1020. The number of ether oxygens (including phenoxy) is 2. The van der Waals surface area contributed by atoms with Crippen LogP contribution < -0.4 is 15.4 Å². The van der Waals surface area contributed by atoms with Gasteiger partial charge in [0.2, 0.25) is 11.8 Å². The topological polar surface area (TPSA) is 79.9 Å². The molecule has 2 amide bonds. The smallest absolute Gasteiger partial charge is 0.222 e. The third-order valence-corrected chi connectivity index (χ3v) is 7.32. The van der Waals surface area contributed by atoms with Crippen LogP contribution in [0.2, 0.25) is 0 Å². The minimum Gasteiger partial charge on any atom is -0.457 e. The van der Waals surface area contributed by atoms with Crippen molar-refractivity contribution in [3.05, 3.63) is 59.7 Å². The number of likely N-dealkylation sites (tertiary alicyclic amines) is 1. The van der Waals surface area contributed by atoms with E-state index in [-0.39, 0.29) is 30.4 Å². The molecule has 1 aliphatic carbocycles. The lowest BCUT2D eigenvalue weighted by atomic mass is 10.1.